The van der Waals surface area contributed by atoms with Gasteiger partial charge in [-0.3, -0.25) is 4.90 Å². The van der Waals surface area contributed by atoms with Gasteiger partial charge in [-0.2, -0.15) is 0 Å². The molecule has 20 heavy (non-hydrogen) atoms. The van der Waals surface area contributed by atoms with Crippen LogP contribution in [0.15, 0.2) is 11.6 Å². The summed E-state index contributed by atoms with van der Waals surface area (Å²) in [7, 11) is 3.42. The number of hydrogen-bond donors (Lipinski definition) is 3. The van der Waals surface area contributed by atoms with Gasteiger partial charge in [-0.05, 0) is 13.5 Å². The third-order valence-electron chi connectivity index (χ3n) is 3.85. The Labute approximate surface area is 123 Å². The third kappa shape index (κ3) is 3.75. The lowest BCUT2D eigenvalue weighted by atomic mass is 9.95. The van der Waals surface area contributed by atoms with Crippen LogP contribution in [0.25, 0.3) is 0 Å². The van der Waals surface area contributed by atoms with Gasteiger partial charge in [0.1, 0.15) is 5.01 Å². The zero-order valence-corrected chi connectivity index (χ0v) is 12.8. The molecule has 0 spiro atoms. The Morgan fingerprint density at radius 1 is 1.70 bits per heavy atom. The van der Waals surface area contributed by atoms with Crippen molar-refractivity contribution in [2.75, 3.05) is 27.2 Å². The smallest absolute Gasteiger partial charge is 0.159 e. The van der Waals surface area contributed by atoms with Crippen LogP contribution in [0.3, 0.4) is 0 Å². The Morgan fingerprint density at radius 2 is 2.50 bits per heavy atom. The molecule has 1 aromatic heterocycles. The standard InChI is InChI=1S/C13H24N4O2S/c1-15-6-10(13(18)19-2)11-5-9(14)7-17(11)8-12-16-3-4-20-12/h3-4,9-11,13,15,18H,5-8,14H2,1-2H3/t9-,10?,11?,13?/m0/s1. The maximum atomic E-state index is 10.1. The van der Waals surface area contributed by atoms with Crippen LogP contribution in [0, 0.1) is 5.92 Å². The number of hydrogen-bond acceptors (Lipinski definition) is 7. The van der Waals surface area contributed by atoms with E-state index in [1.54, 1.807) is 11.3 Å². The molecule has 3 unspecified atom stereocenters. The summed E-state index contributed by atoms with van der Waals surface area (Å²) in [6, 6.07) is 0.347. The summed E-state index contributed by atoms with van der Waals surface area (Å²) in [5, 5.41) is 16.3. The second-order valence-corrected chi connectivity index (χ2v) is 6.25. The minimum absolute atomic E-state index is 0.00138. The summed E-state index contributed by atoms with van der Waals surface area (Å²) < 4.78 is 5.13. The topological polar surface area (TPSA) is 83.6 Å². The molecule has 114 valence electrons. The molecule has 6 nitrogen and oxygen atoms in total. The molecule has 1 fully saturated rings. The number of likely N-dealkylation sites (tertiary alicyclic amines) is 1. The van der Waals surface area contributed by atoms with Gasteiger partial charge < -0.3 is 20.9 Å². The molecule has 4 N–H and O–H groups in total. The van der Waals surface area contributed by atoms with Crippen LogP contribution in [0.1, 0.15) is 11.4 Å². The lowest BCUT2D eigenvalue weighted by molar-refractivity contribution is -0.127. The first-order valence-electron chi connectivity index (χ1n) is 6.89. The highest BCUT2D eigenvalue weighted by Crippen LogP contribution is 2.28. The first-order chi connectivity index (χ1) is 9.65. The normalized spacial score (nSPS) is 26.8. The molecular weight excluding hydrogens is 276 g/mol. The molecule has 7 heteroatoms. The molecule has 0 aliphatic carbocycles. The van der Waals surface area contributed by atoms with E-state index in [2.05, 4.69) is 15.2 Å². The number of aliphatic hydroxyl groups is 1. The molecule has 1 aromatic rings. The first-order valence-corrected chi connectivity index (χ1v) is 7.77. The van der Waals surface area contributed by atoms with Crippen LogP contribution in [0.4, 0.5) is 0 Å². The van der Waals surface area contributed by atoms with E-state index in [1.807, 2.05) is 18.6 Å². The number of nitrogens with two attached hydrogens (primary N) is 1. The Balaban J connectivity index is 2.08. The highest BCUT2D eigenvalue weighted by atomic mass is 32.1. The van der Waals surface area contributed by atoms with Gasteiger partial charge in [0.05, 0.1) is 6.54 Å². The molecular formula is C13H24N4O2S. The Hall–Kier alpha value is -0.570. The fourth-order valence-corrected chi connectivity index (χ4v) is 3.58. The molecule has 1 aliphatic rings. The van der Waals surface area contributed by atoms with Gasteiger partial charge in [0, 0.05) is 49.8 Å². The first kappa shape index (κ1) is 15.8. The minimum Gasteiger partial charge on any atom is -0.368 e. The van der Waals surface area contributed by atoms with Crippen molar-refractivity contribution in [3.63, 3.8) is 0 Å². The zero-order chi connectivity index (χ0) is 14.5. The molecule has 2 rings (SSSR count). The number of rotatable bonds is 7. The lowest BCUT2D eigenvalue weighted by Crippen LogP contribution is -2.45. The van der Waals surface area contributed by atoms with Crippen molar-refractivity contribution >= 4 is 11.3 Å². The Kier molecular flexibility index (Phi) is 5.88. The average Bonchev–Trinajstić information content (AvgIpc) is 3.05. The van der Waals surface area contributed by atoms with Gasteiger partial charge in [0.25, 0.3) is 0 Å². The lowest BCUT2D eigenvalue weighted by Gasteiger charge is -2.33. The van der Waals surface area contributed by atoms with Crippen molar-refractivity contribution in [1.29, 1.82) is 0 Å². The minimum atomic E-state index is -0.781. The van der Waals surface area contributed by atoms with Crippen molar-refractivity contribution in [3.8, 4) is 0 Å². The van der Waals surface area contributed by atoms with E-state index in [1.165, 1.54) is 7.11 Å². The number of aliphatic hydroxyl groups excluding tert-OH is 1. The molecule has 0 aromatic carbocycles. The number of nitrogens with zero attached hydrogens (tertiary/aromatic N) is 2. The maximum Gasteiger partial charge on any atom is 0.159 e. The average molecular weight is 300 g/mol. The predicted molar refractivity (Wildman–Crippen MR) is 79.3 cm³/mol. The summed E-state index contributed by atoms with van der Waals surface area (Å²) in [6.45, 7) is 2.31. The number of methoxy groups -OCH3 is 1. The zero-order valence-electron chi connectivity index (χ0n) is 12.0. The van der Waals surface area contributed by atoms with Crippen LogP contribution in [0.2, 0.25) is 0 Å². The van der Waals surface area contributed by atoms with Gasteiger partial charge in [0.15, 0.2) is 6.29 Å². The Morgan fingerprint density at radius 3 is 3.10 bits per heavy atom. The fourth-order valence-electron chi connectivity index (χ4n) is 2.94. The van der Waals surface area contributed by atoms with Crippen molar-refractivity contribution in [2.24, 2.45) is 11.7 Å². The summed E-state index contributed by atoms with van der Waals surface area (Å²) in [5.41, 5.74) is 6.12. The molecule has 0 bridgehead atoms. The third-order valence-corrected chi connectivity index (χ3v) is 4.61. The molecule has 1 aliphatic heterocycles. The highest BCUT2D eigenvalue weighted by Gasteiger charge is 2.38. The number of thiazole rings is 1. The van der Waals surface area contributed by atoms with Crippen molar-refractivity contribution in [3.05, 3.63) is 16.6 Å². The monoisotopic (exact) mass is 300 g/mol. The second kappa shape index (κ2) is 7.44. The van der Waals surface area contributed by atoms with Crippen LogP contribution in [-0.2, 0) is 11.3 Å². The van der Waals surface area contributed by atoms with Crippen LogP contribution < -0.4 is 11.1 Å². The molecule has 0 amide bonds. The summed E-state index contributed by atoms with van der Waals surface area (Å²) >= 11 is 1.65. The maximum absolute atomic E-state index is 10.1. The SMILES string of the molecule is CNCC(C(O)OC)C1C[C@H](N)CN1Cc1nccs1. The van der Waals surface area contributed by atoms with Gasteiger partial charge in [-0.15, -0.1) is 11.3 Å². The number of nitrogens with one attached hydrogen (secondary N) is 1. The second-order valence-electron chi connectivity index (χ2n) is 5.27. The van der Waals surface area contributed by atoms with E-state index >= 15 is 0 Å². The molecule has 0 radical (unpaired) electrons. The van der Waals surface area contributed by atoms with Gasteiger partial charge in [0.2, 0.25) is 0 Å². The van der Waals surface area contributed by atoms with Crippen molar-refractivity contribution in [1.82, 2.24) is 15.2 Å². The summed E-state index contributed by atoms with van der Waals surface area (Å²) in [4.78, 5) is 6.65. The van der Waals surface area contributed by atoms with E-state index in [4.69, 9.17) is 10.5 Å². The van der Waals surface area contributed by atoms with E-state index in [9.17, 15) is 5.11 Å². The van der Waals surface area contributed by atoms with E-state index in [-0.39, 0.29) is 18.0 Å². The summed E-state index contributed by atoms with van der Waals surface area (Å²) in [5.74, 6) is -0.00138. The number of ether oxygens (including phenoxy) is 1. The van der Waals surface area contributed by atoms with Crippen molar-refractivity contribution < 1.29 is 9.84 Å². The van der Waals surface area contributed by atoms with Crippen LogP contribution in [0.5, 0.6) is 0 Å². The van der Waals surface area contributed by atoms with E-state index in [0.29, 0.717) is 6.54 Å². The highest BCUT2D eigenvalue weighted by molar-refractivity contribution is 7.09. The molecule has 0 saturated carbocycles. The summed E-state index contributed by atoms with van der Waals surface area (Å²) in [6.07, 6.45) is 1.91. The Bertz CT molecular complexity index is 390. The molecule has 4 atom stereocenters. The van der Waals surface area contributed by atoms with Crippen LogP contribution in [-0.4, -0.2) is 60.6 Å². The van der Waals surface area contributed by atoms with E-state index in [0.717, 1.165) is 24.5 Å². The largest absolute Gasteiger partial charge is 0.368 e. The molecule has 2 heterocycles. The van der Waals surface area contributed by atoms with Crippen molar-refractivity contribution in [2.45, 2.75) is 31.3 Å². The quantitative estimate of drug-likeness (QED) is 0.607. The predicted octanol–water partition coefficient (Wildman–Crippen LogP) is -0.155. The van der Waals surface area contributed by atoms with Gasteiger partial charge in [-0.1, -0.05) is 0 Å². The molecule has 1 saturated heterocycles. The fraction of sp³-hybridized carbons (Fsp3) is 0.769. The van der Waals surface area contributed by atoms with E-state index < -0.39 is 6.29 Å². The number of aromatic nitrogens is 1. The van der Waals surface area contributed by atoms with Gasteiger partial charge in [-0.25, -0.2) is 4.98 Å². The van der Waals surface area contributed by atoms with Gasteiger partial charge >= 0.3 is 0 Å². The van der Waals surface area contributed by atoms with Crippen LogP contribution >= 0.6 is 11.3 Å².